The number of hydrogen-bond acceptors (Lipinski definition) is 5. The molecule has 5 heteroatoms. The first-order valence-electron chi connectivity index (χ1n) is 8.11. The molecule has 1 saturated carbocycles. The summed E-state index contributed by atoms with van der Waals surface area (Å²) >= 11 is 1.86. The molecular weight excluding hydrogens is 280 g/mol. The lowest BCUT2D eigenvalue weighted by Gasteiger charge is -2.24. The van der Waals surface area contributed by atoms with Crippen LogP contribution >= 0.6 is 11.3 Å². The van der Waals surface area contributed by atoms with Gasteiger partial charge in [0, 0.05) is 18.0 Å². The molecule has 0 aliphatic heterocycles. The van der Waals surface area contributed by atoms with E-state index < -0.39 is 0 Å². The van der Waals surface area contributed by atoms with Crippen molar-refractivity contribution in [1.82, 2.24) is 9.97 Å². The Morgan fingerprint density at radius 3 is 2.71 bits per heavy atom. The number of nitrogens with one attached hydrogen (secondary N) is 2. The number of aryl methyl sites for hydroxylation is 2. The average molecular weight is 302 g/mol. The summed E-state index contributed by atoms with van der Waals surface area (Å²) in [6.07, 6.45) is 10.3. The summed E-state index contributed by atoms with van der Waals surface area (Å²) < 4.78 is 0. The van der Waals surface area contributed by atoms with Crippen molar-refractivity contribution in [3.63, 3.8) is 0 Å². The van der Waals surface area contributed by atoms with Crippen molar-refractivity contribution in [2.75, 3.05) is 17.7 Å². The Balaban J connectivity index is 1.77. The van der Waals surface area contributed by atoms with Crippen LogP contribution in [0, 0.1) is 0 Å². The zero-order chi connectivity index (χ0) is 14.2. The molecule has 2 aliphatic carbocycles. The van der Waals surface area contributed by atoms with Crippen molar-refractivity contribution >= 4 is 33.3 Å². The Morgan fingerprint density at radius 2 is 1.90 bits per heavy atom. The molecular formula is C16H22N4S. The maximum Gasteiger partial charge on any atom is 0.225 e. The van der Waals surface area contributed by atoms with Gasteiger partial charge in [-0.05, 0) is 37.7 Å². The second-order valence-electron chi connectivity index (χ2n) is 6.16. The van der Waals surface area contributed by atoms with Crippen LogP contribution in [0.2, 0.25) is 0 Å². The van der Waals surface area contributed by atoms with Gasteiger partial charge in [0.05, 0.1) is 5.39 Å². The molecule has 1 fully saturated rings. The van der Waals surface area contributed by atoms with Crippen molar-refractivity contribution in [3.05, 3.63) is 10.4 Å². The number of hydrogen-bond donors (Lipinski definition) is 2. The highest BCUT2D eigenvalue weighted by Crippen LogP contribution is 2.40. The van der Waals surface area contributed by atoms with Crippen LogP contribution in [0.1, 0.15) is 49.0 Å². The Kier molecular flexibility index (Phi) is 3.45. The quantitative estimate of drug-likeness (QED) is 0.901. The molecule has 0 bridgehead atoms. The van der Waals surface area contributed by atoms with Gasteiger partial charge >= 0.3 is 0 Å². The molecule has 2 aromatic heterocycles. The Morgan fingerprint density at radius 1 is 1.05 bits per heavy atom. The molecule has 0 aromatic carbocycles. The van der Waals surface area contributed by atoms with Crippen LogP contribution in [0.15, 0.2) is 0 Å². The summed E-state index contributed by atoms with van der Waals surface area (Å²) in [7, 11) is 1.90. The van der Waals surface area contributed by atoms with E-state index in [1.54, 1.807) is 0 Å². The molecule has 0 atom stereocenters. The monoisotopic (exact) mass is 302 g/mol. The molecule has 0 unspecified atom stereocenters. The summed E-state index contributed by atoms with van der Waals surface area (Å²) in [6, 6.07) is 0.582. The molecule has 2 aliphatic rings. The van der Waals surface area contributed by atoms with Crippen LogP contribution in [-0.4, -0.2) is 23.1 Å². The van der Waals surface area contributed by atoms with Crippen LogP contribution in [0.3, 0.4) is 0 Å². The first kappa shape index (κ1) is 13.3. The van der Waals surface area contributed by atoms with Gasteiger partial charge in [0.25, 0.3) is 0 Å². The molecule has 4 rings (SSSR count). The van der Waals surface area contributed by atoms with Gasteiger partial charge in [-0.3, -0.25) is 0 Å². The zero-order valence-electron chi connectivity index (χ0n) is 12.5. The molecule has 0 spiro atoms. The SMILES string of the molecule is CNc1nc(NC2CCCCC2)c2c3c(sc2n1)CCC3. The lowest BCUT2D eigenvalue weighted by atomic mass is 9.95. The third-order valence-electron chi connectivity index (χ3n) is 4.73. The average Bonchev–Trinajstić information content (AvgIpc) is 3.08. The molecule has 2 heterocycles. The maximum absolute atomic E-state index is 4.74. The maximum atomic E-state index is 4.74. The van der Waals surface area contributed by atoms with Gasteiger partial charge in [0.2, 0.25) is 5.95 Å². The molecule has 0 saturated heterocycles. The molecule has 4 nitrogen and oxygen atoms in total. The standard InChI is InChI=1S/C16H22N4S/c1-17-16-19-14(18-10-6-3-2-4-7-10)13-11-8-5-9-12(11)21-15(13)20-16/h10H,2-9H2,1H3,(H2,17,18,19,20). The second-order valence-corrected chi connectivity index (χ2v) is 7.25. The van der Waals surface area contributed by atoms with Crippen LogP contribution in [0.4, 0.5) is 11.8 Å². The number of aromatic nitrogens is 2. The van der Waals surface area contributed by atoms with Crippen molar-refractivity contribution in [2.45, 2.75) is 57.4 Å². The van der Waals surface area contributed by atoms with Crippen molar-refractivity contribution < 1.29 is 0 Å². The summed E-state index contributed by atoms with van der Waals surface area (Å²) in [6.45, 7) is 0. The highest BCUT2D eigenvalue weighted by Gasteiger charge is 2.23. The number of nitrogens with zero attached hydrogens (tertiary/aromatic N) is 2. The fourth-order valence-corrected chi connectivity index (χ4v) is 4.91. The van der Waals surface area contributed by atoms with E-state index in [4.69, 9.17) is 4.98 Å². The molecule has 2 aromatic rings. The number of fused-ring (bicyclic) bond motifs is 3. The van der Waals surface area contributed by atoms with E-state index in [0.717, 1.165) is 16.6 Å². The van der Waals surface area contributed by atoms with Gasteiger partial charge in [-0.15, -0.1) is 11.3 Å². The first-order chi connectivity index (χ1) is 10.3. The fourth-order valence-electron chi connectivity index (χ4n) is 3.65. The Bertz CT molecular complexity index is 658. The van der Waals surface area contributed by atoms with Crippen LogP contribution in [0.5, 0.6) is 0 Å². The Labute approximate surface area is 129 Å². The van der Waals surface area contributed by atoms with E-state index in [1.165, 1.54) is 67.2 Å². The highest BCUT2D eigenvalue weighted by atomic mass is 32.1. The lowest BCUT2D eigenvalue weighted by Crippen LogP contribution is -2.23. The first-order valence-corrected chi connectivity index (χ1v) is 8.93. The van der Waals surface area contributed by atoms with E-state index in [9.17, 15) is 0 Å². The normalized spacial score (nSPS) is 18.9. The zero-order valence-corrected chi connectivity index (χ0v) is 13.4. The summed E-state index contributed by atoms with van der Waals surface area (Å²) in [5.41, 5.74) is 1.51. The minimum Gasteiger partial charge on any atom is -0.367 e. The smallest absolute Gasteiger partial charge is 0.225 e. The number of rotatable bonds is 3. The van der Waals surface area contributed by atoms with E-state index >= 15 is 0 Å². The third kappa shape index (κ3) is 2.37. The lowest BCUT2D eigenvalue weighted by molar-refractivity contribution is 0.462. The minimum atomic E-state index is 0.582. The molecule has 2 N–H and O–H groups in total. The molecule has 0 radical (unpaired) electrons. The van der Waals surface area contributed by atoms with Gasteiger partial charge < -0.3 is 10.6 Å². The van der Waals surface area contributed by atoms with Crippen molar-refractivity contribution in [3.8, 4) is 0 Å². The highest BCUT2D eigenvalue weighted by molar-refractivity contribution is 7.19. The van der Waals surface area contributed by atoms with Gasteiger partial charge in [0.1, 0.15) is 10.6 Å². The van der Waals surface area contributed by atoms with Crippen LogP contribution < -0.4 is 10.6 Å². The van der Waals surface area contributed by atoms with E-state index in [1.807, 2.05) is 18.4 Å². The molecule has 0 amide bonds. The Hall–Kier alpha value is -1.36. The van der Waals surface area contributed by atoms with Crippen molar-refractivity contribution in [2.24, 2.45) is 0 Å². The minimum absolute atomic E-state index is 0.582. The largest absolute Gasteiger partial charge is 0.367 e. The fraction of sp³-hybridized carbons (Fsp3) is 0.625. The predicted molar refractivity (Wildman–Crippen MR) is 89.5 cm³/mol. The van der Waals surface area contributed by atoms with E-state index in [-0.39, 0.29) is 0 Å². The van der Waals surface area contributed by atoms with Crippen LogP contribution in [-0.2, 0) is 12.8 Å². The van der Waals surface area contributed by atoms with E-state index in [0.29, 0.717) is 6.04 Å². The van der Waals surface area contributed by atoms with E-state index in [2.05, 4.69) is 15.6 Å². The van der Waals surface area contributed by atoms with Crippen molar-refractivity contribution in [1.29, 1.82) is 0 Å². The topological polar surface area (TPSA) is 49.8 Å². The summed E-state index contributed by atoms with van der Waals surface area (Å²) in [4.78, 5) is 12.1. The molecule has 112 valence electrons. The van der Waals surface area contributed by atoms with Gasteiger partial charge in [-0.2, -0.15) is 4.98 Å². The van der Waals surface area contributed by atoms with Crippen LogP contribution in [0.25, 0.3) is 10.2 Å². The van der Waals surface area contributed by atoms with Gasteiger partial charge in [-0.1, -0.05) is 19.3 Å². The van der Waals surface area contributed by atoms with Gasteiger partial charge in [-0.25, -0.2) is 4.98 Å². The molecule has 21 heavy (non-hydrogen) atoms. The summed E-state index contributed by atoms with van der Waals surface area (Å²) in [5, 5.41) is 8.14. The predicted octanol–water partition coefficient (Wildman–Crippen LogP) is 3.97. The third-order valence-corrected chi connectivity index (χ3v) is 5.92. The number of anilines is 2. The summed E-state index contributed by atoms with van der Waals surface area (Å²) in [5.74, 6) is 1.80. The number of thiophene rings is 1. The van der Waals surface area contributed by atoms with Gasteiger partial charge in [0.15, 0.2) is 0 Å². The second kappa shape index (κ2) is 5.44.